The summed E-state index contributed by atoms with van der Waals surface area (Å²) in [6.45, 7) is 3.49. The first kappa shape index (κ1) is 17.7. The largest absolute Gasteiger partial charge is 0.303 e. The Labute approximate surface area is 154 Å². The van der Waals surface area contributed by atoms with Gasteiger partial charge in [0.25, 0.3) is 5.91 Å². The van der Waals surface area contributed by atoms with Crippen LogP contribution in [-0.4, -0.2) is 46.4 Å². The van der Waals surface area contributed by atoms with Crippen molar-refractivity contribution < 1.29 is 4.79 Å². The van der Waals surface area contributed by atoms with Gasteiger partial charge in [0.15, 0.2) is 4.34 Å². The fraction of sp³-hybridized carbons (Fsp3) is 0.438. The van der Waals surface area contributed by atoms with Crippen molar-refractivity contribution in [2.24, 2.45) is 0 Å². The number of hydrogen-bond acceptors (Lipinski definition) is 6. The molecule has 1 aromatic heterocycles. The van der Waals surface area contributed by atoms with Crippen molar-refractivity contribution >= 4 is 45.7 Å². The van der Waals surface area contributed by atoms with E-state index in [-0.39, 0.29) is 5.91 Å². The highest BCUT2D eigenvalue weighted by Gasteiger charge is 2.12. The zero-order chi connectivity index (χ0) is 16.8. The molecule has 0 unspecified atom stereocenters. The van der Waals surface area contributed by atoms with Crippen LogP contribution in [-0.2, 0) is 0 Å². The molecule has 1 aromatic carbocycles. The second-order valence-electron chi connectivity index (χ2n) is 5.59. The Hall–Kier alpha value is -1.15. The number of rotatable bonds is 6. The summed E-state index contributed by atoms with van der Waals surface area (Å²) < 4.78 is 0.883. The molecule has 3 rings (SSSR count). The molecule has 24 heavy (non-hydrogen) atoms. The molecule has 1 amide bonds. The van der Waals surface area contributed by atoms with Crippen molar-refractivity contribution in [2.45, 2.75) is 23.6 Å². The fourth-order valence-corrected chi connectivity index (χ4v) is 4.57. The lowest BCUT2D eigenvalue weighted by molar-refractivity contribution is 0.102. The highest BCUT2D eigenvalue weighted by atomic mass is 35.5. The number of aromatic nitrogens is 2. The fourth-order valence-electron chi connectivity index (χ4n) is 2.56. The number of amides is 1. The second kappa shape index (κ2) is 8.80. The summed E-state index contributed by atoms with van der Waals surface area (Å²) in [6.07, 6.45) is 3.97. The maximum Gasteiger partial charge on any atom is 0.257 e. The quantitative estimate of drug-likeness (QED) is 0.604. The molecular formula is C16H19ClN4OS2. The summed E-state index contributed by atoms with van der Waals surface area (Å²) in [4.78, 5) is 14.7. The van der Waals surface area contributed by atoms with E-state index in [9.17, 15) is 4.79 Å². The van der Waals surface area contributed by atoms with Crippen LogP contribution in [0.25, 0.3) is 0 Å². The average Bonchev–Trinajstić information content (AvgIpc) is 3.03. The normalized spacial score (nSPS) is 15.4. The lowest BCUT2D eigenvalue weighted by atomic mass is 10.1. The zero-order valence-corrected chi connectivity index (χ0v) is 15.6. The Kier molecular flexibility index (Phi) is 6.48. The molecule has 2 aromatic rings. The van der Waals surface area contributed by atoms with Crippen molar-refractivity contribution in [2.75, 3.05) is 30.7 Å². The van der Waals surface area contributed by atoms with Crippen LogP contribution in [0.1, 0.15) is 29.6 Å². The third-order valence-electron chi connectivity index (χ3n) is 3.80. The number of anilines is 1. The topological polar surface area (TPSA) is 58.1 Å². The predicted octanol–water partition coefficient (Wildman–Crippen LogP) is 4.02. The molecule has 1 aliphatic heterocycles. The summed E-state index contributed by atoms with van der Waals surface area (Å²) >= 11 is 9.00. The molecule has 1 N–H and O–H groups in total. The monoisotopic (exact) mass is 382 g/mol. The minimum Gasteiger partial charge on any atom is -0.303 e. The lowest BCUT2D eigenvalue weighted by Gasteiger charge is -2.25. The Bertz CT molecular complexity index is 688. The number of thioether (sulfide) groups is 1. The van der Waals surface area contributed by atoms with Crippen molar-refractivity contribution in [1.82, 2.24) is 15.1 Å². The number of benzene rings is 1. The highest BCUT2D eigenvalue weighted by molar-refractivity contribution is 8.01. The summed E-state index contributed by atoms with van der Waals surface area (Å²) in [7, 11) is 0. The molecule has 5 nitrogen and oxygen atoms in total. The molecule has 1 fully saturated rings. The van der Waals surface area contributed by atoms with Gasteiger partial charge in [0.2, 0.25) is 5.13 Å². The van der Waals surface area contributed by atoms with Gasteiger partial charge in [-0.2, -0.15) is 0 Å². The standard InChI is InChI=1S/C16H19ClN4OS2/c17-13-6-4-5-12(11-13)14(22)18-15-19-20-16(24-15)23-10-9-21-7-2-1-3-8-21/h4-6,11H,1-3,7-10H2,(H,18,19,22). The van der Waals surface area contributed by atoms with Crippen LogP contribution in [0.3, 0.4) is 0 Å². The van der Waals surface area contributed by atoms with Crippen molar-refractivity contribution in [3.05, 3.63) is 34.9 Å². The molecule has 0 radical (unpaired) electrons. The smallest absolute Gasteiger partial charge is 0.257 e. The maximum atomic E-state index is 12.2. The van der Waals surface area contributed by atoms with Crippen molar-refractivity contribution in [3.8, 4) is 0 Å². The van der Waals surface area contributed by atoms with Gasteiger partial charge in [0.1, 0.15) is 0 Å². The lowest BCUT2D eigenvalue weighted by Crippen LogP contribution is -2.31. The number of likely N-dealkylation sites (tertiary alicyclic amines) is 1. The van der Waals surface area contributed by atoms with Gasteiger partial charge in [-0.3, -0.25) is 10.1 Å². The summed E-state index contributed by atoms with van der Waals surface area (Å²) in [5, 5.41) is 12.0. The van der Waals surface area contributed by atoms with Crippen LogP contribution in [0.4, 0.5) is 5.13 Å². The number of nitrogens with one attached hydrogen (secondary N) is 1. The van der Waals surface area contributed by atoms with E-state index in [1.807, 2.05) is 0 Å². The Morgan fingerprint density at radius 1 is 1.29 bits per heavy atom. The number of halogens is 1. The third-order valence-corrected chi connectivity index (χ3v) is 5.98. The van der Waals surface area contributed by atoms with Crippen LogP contribution >= 0.6 is 34.7 Å². The Morgan fingerprint density at radius 3 is 2.92 bits per heavy atom. The molecule has 0 atom stereocenters. The molecule has 0 aliphatic carbocycles. The summed E-state index contributed by atoms with van der Waals surface area (Å²) in [5.74, 6) is 0.773. The zero-order valence-electron chi connectivity index (χ0n) is 13.2. The molecule has 128 valence electrons. The van der Waals surface area contributed by atoms with E-state index >= 15 is 0 Å². The first-order chi connectivity index (χ1) is 11.7. The summed E-state index contributed by atoms with van der Waals surface area (Å²) in [5.41, 5.74) is 0.511. The van der Waals surface area contributed by atoms with E-state index < -0.39 is 0 Å². The van der Waals surface area contributed by atoms with Crippen LogP contribution in [0.2, 0.25) is 5.02 Å². The number of nitrogens with zero attached hydrogens (tertiary/aromatic N) is 3. The number of hydrogen-bond donors (Lipinski definition) is 1. The molecule has 0 spiro atoms. The predicted molar refractivity (Wildman–Crippen MR) is 100 cm³/mol. The number of carbonyl (C=O) groups is 1. The van der Waals surface area contributed by atoms with Crippen LogP contribution in [0.5, 0.6) is 0 Å². The molecule has 0 bridgehead atoms. The maximum absolute atomic E-state index is 12.2. The third kappa shape index (κ3) is 5.17. The Balaban J connectivity index is 1.47. The SMILES string of the molecule is O=C(Nc1nnc(SCCN2CCCCC2)s1)c1cccc(Cl)c1. The average molecular weight is 383 g/mol. The minimum atomic E-state index is -0.224. The van der Waals surface area contributed by atoms with Gasteiger partial charge in [-0.05, 0) is 44.1 Å². The van der Waals surface area contributed by atoms with E-state index in [4.69, 9.17) is 11.6 Å². The van der Waals surface area contributed by atoms with Gasteiger partial charge in [0.05, 0.1) is 0 Å². The van der Waals surface area contributed by atoms with Gasteiger partial charge in [-0.25, -0.2) is 0 Å². The van der Waals surface area contributed by atoms with Crippen LogP contribution < -0.4 is 5.32 Å². The van der Waals surface area contributed by atoms with Gasteiger partial charge >= 0.3 is 0 Å². The molecule has 1 aliphatic rings. The Morgan fingerprint density at radius 2 is 2.12 bits per heavy atom. The van der Waals surface area contributed by atoms with E-state index in [2.05, 4.69) is 20.4 Å². The van der Waals surface area contributed by atoms with Crippen molar-refractivity contribution in [3.63, 3.8) is 0 Å². The molecule has 1 saturated heterocycles. The minimum absolute atomic E-state index is 0.224. The first-order valence-electron chi connectivity index (χ1n) is 7.96. The van der Waals surface area contributed by atoms with Crippen LogP contribution in [0.15, 0.2) is 28.6 Å². The van der Waals surface area contributed by atoms with Crippen molar-refractivity contribution in [1.29, 1.82) is 0 Å². The summed E-state index contributed by atoms with van der Waals surface area (Å²) in [6, 6.07) is 6.84. The molecule has 0 saturated carbocycles. The van der Waals surface area contributed by atoms with E-state index in [0.29, 0.717) is 15.7 Å². The highest BCUT2D eigenvalue weighted by Crippen LogP contribution is 2.26. The number of piperidine rings is 1. The molecule has 8 heteroatoms. The number of carbonyl (C=O) groups excluding carboxylic acids is 1. The van der Waals surface area contributed by atoms with Gasteiger partial charge in [0, 0.05) is 22.9 Å². The van der Waals surface area contributed by atoms with E-state index in [0.717, 1.165) is 16.6 Å². The molecule has 2 heterocycles. The van der Waals surface area contributed by atoms with E-state index in [1.165, 1.54) is 43.7 Å². The van der Waals surface area contributed by atoms with Gasteiger partial charge in [-0.1, -0.05) is 47.2 Å². The van der Waals surface area contributed by atoms with E-state index in [1.54, 1.807) is 36.0 Å². The van der Waals surface area contributed by atoms with Gasteiger partial charge < -0.3 is 4.90 Å². The van der Waals surface area contributed by atoms with Gasteiger partial charge in [-0.15, -0.1) is 10.2 Å². The first-order valence-corrected chi connectivity index (χ1v) is 10.1. The van der Waals surface area contributed by atoms with Crippen LogP contribution in [0, 0.1) is 0 Å². The molecular weight excluding hydrogens is 364 g/mol. The second-order valence-corrected chi connectivity index (χ2v) is 8.34.